The van der Waals surface area contributed by atoms with E-state index in [2.05, 4.69) is 25.1 Å². The van der Waals surface area contributed by atoms with Gasteiger partial charge in [0.05, 0.1) is 11.8 Å². The molecule has 6 atom stereocenters. The Morgan fingerprint density at radius 2 is 2.00 bits per heavy atom. The van der Waals surface area contributed by atoms with Gasteiger partial charge >= 0.3 is 5.97 Å². The molecule has 3 fully saturated rings. The highest BCUT2D eigenvalue weighted by molar-refractivity contribution is 5.96. The number of carbonyl (C=O) groups is 1. The molecule has 4 aliphatic rings. The summed E-state index contributed by atoms with van der Waals surface area (Å²) in [4.78, 5) is 15.5. The first-order valence-electron chi connectivity index (χ1n) is 10.1. The molecule has 0 aromatic heterocycles. The molecule has 0 bridgehead atoms. The molecule has 0 heterocycles. The Kier molecular flexibility index (Phi) is 4.41. The molecule has 26 heavy (non-hydrogen) atoms. The lowest BCUT2D eigenvalue weighted by molar-refractivity contribution is -0.142. The molecular formula is C21H31NO4. The van der Waals surface area contributed by atoms with Crippen molar-refractivity contribution in [2.24, 2.45) is 33.7 Å². The maximum atomic E-state index is 10.6. The highest BCUT2D eigenvalue weighted by Gasteiger charge is 2.58. The molecule has 4 aliphatic carbocycles. The second-order valence-electron chi connectivity index (χ2n) is 9.39. The molecule has 0 aromatic carbocycles. The zero-order chi connectivity index (χ0) is 18.5. The van der Waals surface area contributed by atoms with Crippen molar-refractivity contribution in [2.45, 2.75) is 71.3 Å². The molecule has 4 rings (SSSR count). The molecule has 0 unspecified atom stereocenters. The molecule has 5 nitrogen and oxygen atoms in total. The van der Waals surface area contributed by atoms with Crippen LogP contribution in [-0.2, 0) is 9.63 Å². The number of nitrogens with zero attached hydrogens (tertiary/aromatic N) is 1. The van der Waals surface area contributed by atoms with Crippen molar-refractivity contribution in [3.8, 4) is 0 Å². The van der Waals surface area contributed by atoms with Gasteiger partial charge in [-0.25, -0.2) is 4.79 Å². The van der Waals surface area contributed by atoms with E-state index in [0.717, 1.165) is 43.7 Å². The van der Waals surface area contributed by atoms with E-state index in [1.165, 1.54) is 24.8 Å². The van der Waals surface area contributed by atoms with Gasteiger partial charge in [-0.2, -0.15) is 0 Å². The first-order chi connectivity index (χ1) is 12.3. The summed E-state index contributed by atoms with van der Waals surface area (Å²) >= 11 is 0. The Morgan fingerprint density at radius 3 is 2.77 bits per heavy atom. The average molecular weight is 361 g/mol. The van der Waals surface area contributed by atoms with Gasteiger partial charge in [0.1, 0.15) is 0 Å². The van der Waals surface area contributed by atoms with Crippen molar-refractivity contribution in [1.29, 1.82) is 0 Å². The third-order valence-corrected chi connectivity index (χ3v) is 8.30. The molecule has 0 amide bonds. The van der Waals surface area contributed by atoms with Gasteiger partial charge in [-0.3, -0.25) is 0 Å². The van der Waals surface area contributed by atoms with Crippen molar-refractivity contribution in [2.75, 3.05) is 6.61 Å². The summed E-state index contributed by atoms with van der Waals surface area (Å²) in [5.74, 6) is 1.11. The number of allylic oxidation sites excluding steroid dienone is 2. The van der Waals surface area contributed by atoms with E-state index in [1.54, 1.807) is 0 Å². The zero-order valence-corrected chi connectivity index (χ0v) is 15.9. The van der Waals surface area contributed by atoms with Crippen molar-refractivity contribution < 1.29 is 19.8 Å². The Balaban J connectivity index is 1.55. The summed E-state index contributed by atoms with van der Waals surface area (Å²) in [6, 6.07) is 0. The predicted octanol–water partition coefficient (Wildman–Crippen LogP) is 3.77. The minimum atomic E-state index is -0.993. The van der Waals surface area contributed by atoms with Gasteiger partial charge in [0.2, 0.25) is 6.61 Å². The van der Waals surface area contributed by atoms with Crippen molar-refractivity contribution in [3.63, 3.8) is 0 Å². The molecule has 3 saturated carbocycles. The highest BCUT2D eigenvalue weighted by atomic mass is 16.6. The van der Waals surface area contributed by atoms with Crippen LogP contribution in [0.15, 0.2) is 16.8 Å². The number of fused-ring (bicyclic) bond motifs is 5. The largest absolute Gasteiger partial charge is 0.479 e. The standard InChI is InChI=1S/C21H31NO4/c1-20-9-7-14(22-26-12-19(24)25)11-13(20)3-4-15-16-5-6-18(23)21(16,2)10-8-17(15)20/h11,15-18,23H,3-10,12H2,1-2H3,(H,24,25)/t15-,16+,17+,18+,20+,21+/m1/s1. The van der Waals surface area contributed by atoms with Crippen LogP contribution in [0.25, 0.3) is 0 Å². The van der Waals surface area contributed by atoms with Gasteiger partial charge in [-0.15, -0.1) is 0 Å². The van der Waals surface area contributed by atoms with E-state index in [1.807, 2.05) is 0 Å². The number of carboxylic acids is 1. The summed E-state index contributed by atoms with van der Waals surface area (Å²) in [5, 5.41) is 23.3. The first kappa shape index (κ1) is 18.0. The third-order valence-electron chi connectivity index (χ3n) is 8.30. The fourth-order valence-corrected chi connectivity index (χ4v) is 6.79. The van der Waals surface area contributed by atoms with Crippen molar-refractivity contribution in [3.05, 3.63) is 11.6 Å². The number of hydrogen-bond acceptors (Lipinski definition) is 4. The van der Waals surface area contributed by atoms with Crippen LogP contribution in [0, 0.1) is 28.6 Å². The topological polar surface area (TPSA) is 79.1 Å². The minimum absolute atomic E-state index is 0.116. The number of carboxylic acid groups (broad SMARTS) is 1. The van der Waals surface area contributed by atoms with Crippen LogP contribution >= 0.6 is 0 Å². The van der Waals surface area contributed by atoms with Crippen LogP contribution in [0.4, 0.5) is 0 Å². The van der Waals surface area contributed by atoms with E-state index in [-0.39, 0.29) is 23.5 Å². The molecule has 2 N–H and O–H groups in total. The number of oxime groups is 1. The molecule has 144 valence electrons. The molecular weight excluding hydrogens is 330 g/mol. The van der Waals surface area contributed by atoms with Gasteiger partial charge in [0.15, 0.2) is 0 Å². The van der Waals surface area contributed by atoms with Gasteiger partial charge in [0.25, 0.3) is 0 Å². The van der Waals surface area contributed by atoms with Crippen LogP contribution in [0.1, 0.15) is 65.2 Å². The lowest BCUT2D eigenvalue weighted by atomic mass is 9.47. The lowest BCUT2D eigenvalue weighted by Crippen LogP contribution is -2.51. The summed E-state index contributed by atoms with van der Waals surface area (Å²) < 4.78 is 0. The first-order valence-corrected chi connectivity index (χ1v) is 10.1. The van der Waals surface area contributed by atoms with Crippen molar-refractivity contribution >= 4 is 11.7 Å². The van der Waals surface area contributed by atoms with E-state index in [0.29, 0.717) is 11.8 Å². The number of aliphatic hydroxyl groups is 1. The Morgan fingerprint density at radius 1 is 1.19 bits per heavy atom. The number of rotatable bonds is 3. The Bertz CT molecular complexity index is 656. The summed E-state index contributed by atoms with van der Waals surface area (Å²) in [7, 11) is 0. The van der Waals surface area contributed by atoms with Crippen LogP contribution in [0.3, 0.4) is 0 Å². The monoisotopic (exact) mass is 361 g/mol. The van der Waals surface area contributed by atoms with Crippen molar-refractivity contribution in [1.82, 2.24) is 0 Å². The zero-order valence-electron chi connectivity index (χ0n) is 15.9. The summed E-state index contributed by atoms with van der Waals surface area (Å²) in [5.41, 5.74) is 2.72. The smallest absolute Gasteiger partial charge is 0.344 e. The third kappa shape index (κ3) is 2.70. The van der Waals surface area contributed by atoms with Crippen LogP contribution in [0.2, 0.25) is 0 Å². The average Bonchev–Trinajstić information content (AvgIpc) is 2.90. The quantitative estimate of drug-likeness (QED) is 0.750. The molecule has 5 heteroatoms. The molecule has 0 aromatic rings. The second-order valence-corrected chi connectivity index (χ2v) is 9.39. The van der Waals surface area contributed by atoms with Gasteiger partial charge in [-0.05, 0) is 86.0 Å². The van der Waals surface area contributed by atoms with Crippen LogP contribution in [0.5, 0.6) is 0 Å². The number of aliphatic hydroxyl groups excluding tert-OH is 1. The predicted molar refractivity (Wildman–Crippen MR) is 98.7 cm³/mol. The second kappa shape index (κ2) is 6.36. The minimum Gasteiger partial charge on any atom is -0.479 e. The number of aliphatic carboxylic acids is 1. The fourth-order valence-electron chi connectivity index (χ4n) is 6.79. The SMILES string of the molecule is C[C@]12CC[C@H]3[C@H](CCC4=CC(=NOCC(=O)O)CC[C@@]43C)[C@@H]1CC[C@@H]2O. The van der Waals surface area contributed by atoms with Gasteiger partial charge < -0.3 is 15.1 Å². The maximum absolute atomic E-state index is 10.6. The lowest BCUT2D eigenvalue weighted by Gasteiger charge is -2.57. The van der Waals surface area contributed by atoms with Crippen LogP contribution < -0.4 is 0 Å². The van der Waals surface area contributed by atoms with E-state index in [4.69, 9.17) is 9.94 Å². The molecule has 0 aliphatic heterocycles. The molecule has 0 radical (unpaired) electrons. The fraction of sp³-hybridized carbons (Fsp3) is 0.810. The van der Waals surface area contributed by atoms with Crippen LogP contribution in [-0.4, -0.2) is 34.6 Å². The van der Waals surface area contributed by atoms with E-state index >= 15 is 0 Å². The summed E-state index contributed by atoms with van der Waals surface area (Å²) in [6.45, 7) is 4.38. The van der Waals surface area contributed by atoms with E-state index < -0.39 is 5.97 Å². The van der Waals surface area contributed by atoms with Gasteiger partial charge in [0, 0.05) is 0 Å². The normalized spacial score (nSPS) is 46.1. The highest BCUT2D eigenvalue weighted by Crippen LogP contribution is 2.65. The maximum Gasteiger partial charge on any atom is 0.344 e. The van der Waals surface area contributed by atoms with E-state index in [9.17, 15) is 9.90 Å². The Labute approximate surface area is 155 Å². The van der Waals surface area contributed by atoms with Gasteiger partial charge in [-0.1, -0.05) is 24.6 Å². The Hall–Kier alpha value is -1.36. The number of hydrogen-bond donors (Lipinski definition) is 2. The molecule has 0 spiro atoms. The molecule has 0 saturated heterocycles. The summed E-state index contributed by atoms with van der Waals surface area (Å²) in [6.07, 6.45) is 10.8.